The second kappa shape index (κ2) is 8.58. The van der Waals surface area contributed by atoms with Gasteiger partial charge in [0.25, 0.3) is 11.8 Å². The normalized spacial score (nSPS) is 23.8. The molecule has 1 fully saturated rings. The maximum atomic E-state index is 13.4. The molecule has 0 radical (unpaired) electrons. The molecular weight excluding hydrogens is 514 g/mol. The SMILES string of the molecule is C[C@H]1CO[C@@H](NC(=O)C(F)(F)C(F)(F)C(F)(F)F)[C@H](NC(=O)C(F)(F)C(F)(F)C(F)(F)F)O1. The molecule has 20 heteroatoms. The second-order valence-electron chi connectivity index (χ2n) is 6.36. The molecule has 0 aromatic carbocycles. The smallest absolute Gasteiger partial charge is 0.351 e. The van der Waals surface area contributed by atoms with Crippen LogP contribution < -0.4 is 10.6 Å². The van der Waals surface area contributed by atoms with Gasteiger partial charge in [0.1, 0.15) is 0 Å². The van der Waals surface area contributed by atoms with Crippen molar-refractivity contribution in [3.8, 4) is 0 Å². The first-order valence-corrected chi connectivity index (χ1v) is 7.95. The lowest BCUT2D eigenvalue weighted by Crippen LogP contribution is -2.67. The van der Waals surface area contributed by atoms with E-state index in [0.29, 0.717) is 10.6 Å². The minimum Gasteiger partial charge on any atom is -0.351 e. The van der Waals surface area contributed by atoms with Crippen LogP contribution in [0, 0.1) is 0 Å². The van der Waals surface area contributed by atoms with E-state index in [-0.39, 0.29) is 0 Å². The summed E-state index contributed by atoms with van der Waals surface area (Å²) in [5.41, 5.74) is 0. The summed E-state index contributed by atoms with van der Waals surface area (Å²) in [6, 6.07) is 0. The van der Waals surface area contributed by atoms with Gasteiger partial charge in [-0.3, -0.25) is 9.59 Å². The quantitative estimate of drug-likeness (QED) is 0.525. The molecule has 3 atom stereocenters. The van der Waals surface area contributed by atoms with Crippen LogP contribution in [0.25, 0.3) is 0 Å². The number of nitrogens with one attached hydrogen (secondary N) is 2. The molecule has 194 valence electrons. The van der Waals surface area contributed by atoms with Gasteiger partial charge in [-0.15, -0.1) is 0 Å². The zero-order valence-corrected chi connectivity index (χ0v) is 15.4. The van der Waals surface area contributed by atoms with E-state index in [2.05, 4.69) is 9.47 Å². The molecule has 1 aliphatic heterocycles. The molecule has 1 aliphatic rings. The van der Waals surface area contributed by atoms with Crippen LogP contribution in [0.15, 0.2) is 0 Å². The maximum absolute atomic E-state index is 13.4. The fraction of sp³-hybridized carbons (Fsp3) is 0.846. The molecule has 0 saturated carbocycles. The summed E-state index contributed by atoms with van der Waals surface area (Å²) in [6.45, 7) is 0.139. The number of alkyl halides is 14. The van der Waals surface area contributed by atoms with Crippen molar-refractivity contribution in [2.75, 3.05) is 6.61 Å². The molecule has 2 amide bonds. The molecule has 1 saturated heterocycles. The Morgan fingerprint density at radius 2 is 1.00 bits per heavy atom. The van der Waals surface area contributed by atoms with Crippen LogP contribution in [0.2, 0.25) is 0 Å². The van der Waals surface area contributed by atoms with Gasteiger partial charge in [-0.1, -0.05) is 0 Å². The zero-order chi connectivity index (χ0) is 26.4. The first-order chi connectivity index (χ1) is 14.4. The highest BCUT2D eigenvalue weighted by Crippen LogP contribution is 2.47. The van der Waals surface area contributed by atoms with Crippen molar-refractivity contribution in [1.82, 2.24) is 10.6 Å². The minimum absolute atomic E-state index is 0.648. The van der Waals surface area contributed by atoms with E-state index in [1.165, 1.54) is 0 Å². The van der Waals surface area contributed by atoms with Crippen molar-refractivity contribution in [1.29, 1.82) is 0 Å². The van der Waals surface area contributed by atoms with Crippen LogP contribution >= 0.6 is 0 Å². The van der Waals surface area contributed by atoms with E-state index in [0.717, 1.165) is 6.92 Å². The molecule has 1 rings (SSSR count). The van der Waals surface area contributed by atoms with Crippen LogP contribution in [0.4, 0.5) is 61.5 Å². The standard InChI is InChI=1S/C13H10F14N2O4/c1-3-2-32-4(28-6(30)8(14,15)10(18,19)12(22,23)24)5(33-3)29-7(31)9(16,17)11(20,21)13(25,26)27/h3-5H,2H2,1H3,(H,28,30)(H,29,31)/t3-,4+,5+/m0/s1. The Morgan fingerprint density at radius 3 is 1.33 bits per heavy atom. The summed E-state index contributed by atoms with van der Waals surface area (Å²) in [5.74, 6) is -34.0. The maximum Gasteiger partial charge on any atom is 0.460 e. The van der Waals surface area contributed by atoms with Gasteiger partial charge in [-0.2, -0.15) is 61.5 Å². The lowest BCUT2D eigenvalue weighted by Gasteiger charge is -2.38. The van der Waals surface area contributed by atoms with Crippen molar-refractivity contribution in [2.45, 2.75) is 61.5 Å². The highest BCUT2D eigenvalue weighted by atomic mass is 19.4. The summed E-state index contributed by atoms with van der Waals surface area (Å²) in [7, 11) is 0. The average Bonchev–Trinajstić information content (AvgIpc) is 2.61. The number of rotatable bonds is 6. The van der Waals surface area contributed by atoms with Gasteiger partial charge in [0.15, 0.2) is 12.5 Å². The Hall–Kier alpha value is -2.12. The molecule has 33 heavy (non-hydrogen) atoms. The van der Waals surface area contributed by atoms with Crippen LogP contribution in [-0.2, 0) is 19.1 Å². The molecule has 0 unspecified atom stereocenters. The highest BCUT2D eigenvalue weighted by molar-refractivity contribution is 5.86. The Kier molecular flexibility index (Phi) is 7.52. The van der Waals surface area contributed by atoms with E-state index in [1.807, 2.05) is 0 Å². The second-order valence-corrected chi connectivity index (χ2v) is 6.36. The number of halogens is 14. The van der Waals surface area contributed by atoms with Gasteiger partial charge < -0.3 is 20.1 Å². The van der Waals surface area contributed by atoms with Crippen molar-refractivity contribution in [3.63, 3.8) is 0 Å². The van der Waals surface area contributed by atoms with Crippen molar-refractivity contribution >= 4 is 11.8 Å². The largest absolute Gasteiger partial charge is 0.460 e. The Bertz CT molecular complexity index is 750. The Labute approximate surface area is 172 Å². The fourth-order valence-electron chi connectivity index (χ4n) is 2.00. The third kappa shape index (κ3) is 5.19. The Morgan fingerprint density at radius 1 is 0.667 bits per heavy atom. The number of hydrogen-bond acceptors (Lipinski definition) is 4. The predicted octanol–water partition coefficient (Wildman–Crippen LogP) is 2.97. The molecule has 2 N–H and O–H groups in total. The number of carbonyl (C=O) groups is 2. The molecular formula is C13H10F14N2O4. The average molecular weight is 524 g/mol. The first kappa shape index (κ1) is 28.9. The van der Waals surface area contributed by atoms with Crippen molar-refractivity contribution < 1.29 is 80.5 Å². The molecule has 0 aromatic rings. The van der Waals surface area contributed by atoms with Crippen molar-refractivity contribution in [3.05, 3.63) is 0 Å². The highest BCUT2D eigenvalue weighted by Gasteiger charge is 2.77. The number of hydrogen-bond donors (Lipinski definition) is 2. The third-order valence-corrected chi connectivity index (χ3v) is 3.78. The number of ether oxygens (including phenoxy) is 2. The molecule has 0 spiro atoms. The van der Waals surface area contributed by atoms with E-state index in [1.54, 1.807) is 0 Å². The van der Waals surface area contributed by atoms with E-state index in [9.17, 15) is 71.1 Å². The van der Waals surface area contributed by atoms with Crippen LogP contribution in [0.3, 0.4) is 0 Å². The first-order valence-electron chi connectivity index (χ1n) is 7.95. The molecule has 0 bridgehead atoms. The molecule has 0 aromatic heterocycles. The van der Waals surface area contributed by atoms with Crippen LogP contribution in [-0.4, -0.2) is 73.0 Å². The van der Waals surface area contributed by atoms with Crippen LogP contribution in [0.1, 0.15) is 6.92 Å². The minimum atomic E-state index is -6.98. The number of amides is 2. The summed E-state index contributed by atoms with van der Waals surface area (Å²) in [6.07, 6.45) is -20.9. The summed E-state index contributed by atoms with van der Waals surface area (Å²) in [5, 5.41) is 1.31. The molecule has 1 heterocycles. The van der Waals surface area contributed by atoms with Gasteiger partial charge >= 0.3 is 36.0 Å². The van der Waals surface area contributed by atoms with Gasteiger partial charge in [-0.25, -0.2) is 0 Å². The number of carbonyl (C=O) groups excluding carboxylic acids is 2. The summed E-state index contributed by atoms with van der Waals surface area (Å²) in [4.78, 5) is 22.7. The van der Waals surface area contributed by atoms with Gasteiger partial charge in [-0.05, 0) is 6.92 Å². The van der Waals surface area contributed by atoms with Gasteiger partial charge in [0.2, 0.25) is 0 Å². The lowest BCUT2D eigenvalue weighted by molar-refractivity contribution is -0.345. The van der Waals surface area contributed by atoms with Gasteiger partial charge in [0.05, 0.1) is 12.7 Å². The van der Waals surface area contributed by atoms with Gasteiger partial charge in [0, 0.05) is 0 Å². The topological polar surface area (TPSA) is 76.7 Å². The predicted molar refractivity (Wildman–Crippen MR) is 72.3 cm³/mol. The third-order valence-electron chi connectivity index (χ3n) is 3.78. The van der Waals surface area contributed by atoms with E-state index in [4.69, 9.17) is 0 Å². The van der Waals surface area contributed by atoms with E-state index >= 15 is 0 Å². The summed E-state index contributed by atoms with van der Waals surface area (Å²) < 4.78 is 187. The zero-order valence-electron chi connectivity index (χ0n) is 15.4. The fourth-order valence-corrected chi connectivity index (χ4v) is 2.00. The molecule has 6 nitrogen and oxygen atoms in total. The Balaban J connectivity index is 3.14. The molecule has 0 aliphatic carbocycles. The van der Waals surface area contributed by atoms with E-state index < -0.39 is 73.0 Å². The lowest BCUT2D eigenvalue weighted by atomic mass is 10.1. The van der Waals surface area contributed by atoms with Crippen LogP contribution in [0.5, 0.6) is 0 Å². The monoisotopic (exact) mass is 524 g/mol. The summed E-state index contributed by atoms with van der Waals surface area (Å²) >= 11 is 0. The van der Waals surface area contributed by atoms with Crippen molar-refractivity contribution in [2.24, 2.45) is 0 Å².